The number of carbonyl (C=O) groups is 2. The first kappa shape index (κ1) is 17.7. The van der Waals surface area contributed by atoms with Crippen LogP contribution in [0.2, 0.25) is 0 Å². The molecule has 0 aromatic heterocycles. The van der Waals surface area contributed by atoms with Crippen LogP contribution in [0.5, 0.6) is 0 Å². The maximum absolute atomic E-state index is 11.9. The van der Waals surface area contributed by atoms with E-state index >= 15 is 0 Å². The Balaban J connectivity index is 2.40. The number of carbonyl (C=O) groups excluding carboxylic acids is 1. The number of hydrogen-bond donors (Lipinski definition) is 2. The van der Waals surface area contributed by atoms with Crippen LogP contribution in [0.4, 0.5) is 4.79 Å². The van der Waals surface area contributed by atoms with Crippen LogP contribution in [0.15, 0.2) is 0 Å². The third-order valence-corrected chi connectivity index (χ3v) is 5.70. The van der Waals surface area contributed by atoms with Gasteiger partial charge in [0, 0.05) is 33.7 Å². The summed E-state index contributed by atoms with van der Waals surface area (Å²) in [5.74, 6) is -1.01. The predicted octanol–water partition coefficient (Wildman–Crippen LogP) is -0.226. The average molecular weight is 321 g/mol. The molecule has 0 bridgehead atoms. The number of piperidine rings is 1. The molecule has 0 saturated carbocycles. The number of hydrogen-bond acceptors (Lipinski definition) is 4. The first-order chi connectivity index (χ1) is 9.58. The number of likely N-dealkylation sites (tertiary alicyclic amines) is 1. The lowest BCUT2D eigenvalue weighted by Crippen LogP contribution is -2.49. The number of amides is 2. The number of nitrogens with zero attached hydrogens (tertiary/aromatic N) is 2. The van der Waals surface area contributed by atoms with Gasteiger partial charge in [-0.25, -0.2) is 17.5 Å². The minimum atomic E-state index is -3.33. The van der Waals surface area contributed by atoms with Crippen LogP contribution in [-0.4, -0.2) is 74.2 Å². The third kappa shape index (κ3) is 4.57. The second-order valence-electron chi connectivity index (χ2n) is 5.68. The van der Waals surface area contributed by atoms with E-state index in [2.05, 4.69) is 5.32 Å². The zero-order chi connectivity index (χ0) is 16.3. The van der Waals surface area contributed by atoms with Gasteiger partial charge in [0.2, 0.25) is 10.0 Å². The molecule has 21 heavy (non-hydrogen) atoms. The van der Waals surface area contributed by atoms with Gasteiger partial charge in [-0.05, 0) is 19.8 Å². The van der Waals surface area contributed by atoms with Gasteiger partial charge in [0.05, 0.1) is 11.2 Å². The topological polar surface area (TPSA) is 107 Å². The van der Waals surface area contributed by atoms with E-state index in [9.17, 15) is 18.0 Å². The van der Waals surface area contributed by atoms with Crippen LogP contribution in [0, 0.1) is 5.41 Å². The number of carboxylic acid groups (broad SMARTS) is 1. The van der Waals surface area contributed by atoms with E-state index in [0.717, 1.165) is 4.31 Å². The van der Waals surface area contributed by atoms with Crippen molar-refractivity contribution in [3.05, 3.63) is 0 Å². The van der Waals surface area contributed by atoms with Crippen molar-refractivity contribution in [3.8, 4) is 0 Å². The van der Waals surface area contributed by atoms with Crippen molar-refractivity contribution in [1.29, 1.82) is 0 Å². The highest BCUT2D eigenvalue weighted by molar-refractivity contribution is 7.89. The fourth-order valence-corrected chi connectivity index (χ4v) is 2.72. The van der Waals surface area contributed by atoms with Crippen LogP contribution in [0.25, 0.3) is 0 Å². The summed E-state index contributed by atoms with van der Waals surface area (Å²) in [7, 11) is -0.454. The van der Waals surface area contributed by atoms with Crippen LogP contribution in [0.3, 0.4) is 0 Å². The molecule has 0 aromatic carbocycles. The summed E-state index contributed by atoms with van der Waals surface area (Å²) in [4.78, 5) is 24.5. The molecule has 1 rings (SSSR count). The van der Waals surface area contributed by atoms with E-state index in [0.29, 0.717) is 25.9 Å². The Morgan fingerprint density at radius 1 is 1.29 bits per heavy atom. The van der Waals surface area contributed by atoms with E-state index in [-0.39, 0.29) is 18.3 Å². The SMILES string of the molecule is CN(C)S(=O)(=O)CCNC(=O)N1CCC(C)(C(=O)O)CC1. The summed E-state index contributed by atoms with van der Waals surface area (Å²) in [5, 5.41) is 11.7. The molecule has 2 amide bonds. The van der Waals surface area contributed by atoms with Gasteiger partial charge in [-0.1, -0.05) is 0 Å². The Labute approximate surface area is 125 Å². The van der Waals surface area contributed by atoms with Gasteiger partial charge in [0.1, 0.15) is 0 Å². The lowest BCUT2D eigenvalue weighted by Gasteiger charge is -2.36. The Kier molecular flexibility index (Phi) is 5.57. The molecule has 8 nitrogen and oxygen atoms in total. The van der Waals surface area contributed by atoms with Crippen molar-refractivity contribution in [3.63, 3.8) is 0 Å². The Hall–Kier alpha value is -1.35. The van der Waals surface area contributed by atoms with Crippen molar-refractivity contribution < 1.29 is 23.1 Å². The summed E-state index contributed by atoms with van der Waals surface area (Å²) in [6, 6.07) is -0.351. The molecule has 0 radical (unpaired) electrons. The lowest BCUT2D eigenvalue weighted by atomic mass is 9.80. The van der Waals surface area contributed by atoms with Gasteiger partial charge in [-0.2, -0.15) is 0 Å². The average Bonchev–Trinajstić information content (AvgIpc) is 2.38. The highest BCUT2D eigenvalue weighted by atomic mass is 32.2. The van der Waals surface area contributed by atoms with Crippen LogP contribution >= 0.6 is 0 Å². The van der Waals surface area contributed by atoms with Gasteiger partial charge in [-0.3, -0.25) is 4.79 Å². The maximum Gasteiger partial charge on any atom is 0.317 e. The second-order valence-corrected chi connectivity index (χ2v) is 7.99. The smallest absolute Gasteiger partial charge is 0.317 e. The van der Waals surface area contributed by atoms with Gasteiger partial charge >= 0.3 is 12.0 Å². The number of urea groups is 1. The monoisotopic (exact) mass is 321 g/mol. The third-order valence-electron chi connectivity index (χ3n) is 3.86. The second kappa shape index (κ2) is 6.61. The van der Waals surface area contributed by atoms with E-state index in [1.165, 1.54) is 19.0 Å². The highest BCUT2D eigenvalue weighted by Gasteiger charge is 2.37. The fraction of sp³-hybridized carbons (Fsp3) is 0.833. The van der Waals surface area contributed by atoms with Crippen LogP contribution in [-0.2, 0) is 14.8 Å². The van der Waals surface area contributed by atoms with Gasteiger partial charge in [-0.15, -0.1) is 0 Å². The van der Waals surface area contributed by atoms with Crippen LogP contribution in [0.1, 0.15) is 19.8 Å². The Bertz CT molecular complexity index is 495. The molecule has 0 aliphatic carbocycles. The number of carboxylic acids is 1. The normalized spacial score (nSPS) is 18.6. The zero-order valence-corrected chi connectivity index (χ0v) is 13.4. The molecule has 2 N–H and O–H groups in total. The minimum absolute atomic E-state index is 0.0338. The van der Waals surface area contributed by atoms with E-state index in [1.807, 2.05) is 0 Å². The van der Waals surface area contributed by atoms with Crippen molar-refractivity contribution in [2.45, 2.75) is 19.8 Å². The summed E-state index contributed by atoms with van der Waals surface area (Å²) in [5.41, 5.74) is -0.787. The molecular formula is C12H23N3O5S. The van der Waals surface area contributed by atoms with Crippen molar-refractivity contribution in [2.24, 2.45) is 5.41 Å². The molecule has 1 aliphatic rings. The number of rotatable bonds is 5. The van der Waals surface area contributed by atoms with Gasteiger partial charge in [0.15, 0.2) is 0 Å². The number of sulfonamides is 1. The molecule has 1 fully saturated rings. The molecule has 1 aliphatic heterocycles. The minimum Gasteiger partial charge on any atom is -0.481 e. The highest BCUT2D eigenvalue weighted by Crippen LogP contribution is 2.30. The van der Waals surface area contributed by atoms with Crippen molar-refractivity contribution >= 4 is 22.0 Å². The summed E-state index contributed by atoms with van der Waals surface area (Å²) in [6.45, 7) is 2.42. The molecular weight excluding hydrogens is 298 g/mol. The van der Waals surface area contributed by atoms with E-state index in [4.69, 9.17) is 5.11 Å². The summed E-state index contributed by atoms with van der Waals surface area (Å²) >= 11 is 0. The predicted molar refractivity (Wildman–Crippen MR) is 77.4 cm³/mol. The Morgan fingerprint density at radius 3 is 2.24 bits per heavy atom. The lowest BCUT2D eigenvalue weighted by molar-refractivity contribution is -0.150. The van der Waals surface area contributed by atoms with Gasteiger partial charge < -0.3 is 15.3 Å². The molecule has 9 heteroatoms. The largest absolute Gasteiger partial charge is 0.481 e. The maximum atomic E-state index is 11.9. The summed E-state index contributed by atoms with van der Waals surface area (Å²) in [6.07, 6.45) is 0.789. The first-order valence-corrected chi connectivity index (χ1v) is 8.36. The molecule has 1 heterocycles. The summed E-state index contributed by atoms with van der Waals surface area (Å²) < 4.78 is 24.2. The molecule has 0 spiro atoms. The molecule has 122 valence electrons. The van der Waals surface area contributed by atoms with Gasteiger partial charge in [0.25, 0.3) is 0 Å². The molecule has 0 aromatic rings. The Morgan fingerprint density at radius 2 is 1.81 bits per heavy atom. The standard InChI is InChI=1S/C12H23N3O5S/c1-12(10(16)17)4-7-15(8-5-12)11(18)13-6-9-21(19,20)14(2)3/h4-9H2,1-3H3,(H,13,18)(H,16,17). The molecule has 0 atom stereocenters. The fourth-order valence-electron chi connectivity index (χ4n) is 2.00. The van der Waals surface area contributed by atoms with Crippen molar-refractivity contribution in [1.82, 2.24) is 14.5 Å². The quantitative estimate of drug-likeness (QED) is 0.727. The molecule has 1 saturated heterocycles. The van der Waals surface area contributed by atoms with E-state index in [1.54, 1.807) is 6.92 Å². The number of nitrogens with one attached hydrogen (secondary N) is 1. The van der Waals surface area contributed by atoms with Crippen LogP contribution < -0.4 is 5.32 Å². The zero-order valence-electron chi connectivity index (χ0n) is 12.6. The van der Waals surface area contributed by atoms with E-state index < -0.39 is 21.4 Å². The first-order valence-electron chi connectivity index (χ1n) is 6.75. The molecule has 0 unspecified atom stereocenters. The number of aliphatic carboxylic acids is 1. The van der Waals surface area contributed by atoms with Crippen molar-refractivity contribution in [2.75, 3.05) is 39.5 Å².